The van der Waals surface area contributed by atoms with E-state index in [0.29, 0.717) is 0 Å². The molecule has 0 bridgehead atoms. The van der Waals surface area contributed by atoms with Gasteiger partial charge in [-0.3, -0.25) is 4.55 Å². The molecule has 0 fully saturated rings. The quantitative estimate of drug-likeness (QED) is 0.317. The molecule has 0 aliphatic heterocycles. The summed E-state index contributed by atoms with van der Waals surface area (Å²) in [5.41, 5.74) is 0. The van der Waals surface area contributed by atoms with Gasteiger partial charge in [0, 0.05) is 0 Å². The standard InChI is InChI=1S/2Ca.H3O7PS.4H/c;;1-8(2,3)7-9(4,5)6;;;;/h;;(H2,1,2,3)(H,4,5,6);;;;/q2*+2;;4*-1. The average Bonchev–Trinajstić information content (AvgIpc) is 1.14. The van der Waals surface area contributed by atoms with Crippen LogP contribution in [0.1, 0.15) is 5.71 Å². The molecule has 0 spiro atoms. The van der Waals surface area contributed by atoms with Crippen LogP contribution >= 0.6 is 7.82 Å². The van der Waals surface area contributed by atoms with E-state index < -0.39 is 18.2 Å². The fourth-order valence-electron chi connectivity index (χ4n) is 0.123. The average molecular weight is 262 g/mol. The minimum atomic E-state index is -5.13. The minimum absolute atomic E-state index is 0. The Labute approximate surface area is 129 Å². The second kappa shape index (κ2) is 6.91. The van der Waals surface area contributed by atoms with Gasteiger partial charge in [-0.2, -0.15) is 8.42 Å². The van der Waals surface area contributed by atoms with E-state index in [1.165, 1.54) is 0 Å². The monoisotopic (exact) mass is 262 g/mol. The van der Waals surface area contributed by atoms with Crippen LogP contribution in [0.2, 0.25) is 0 Å². The molecule has 0 aromatic carbocycles. The Kier molecular flexibility index (Phi) is 12.0. The summed E-state index contributed by atoms with van der Waals surface area (Å²) < 4.78 is 39.0. The maximum atomic E-state index is 9.58. The second-order valence-corrected chi connectivity index (χ2v) is 3.43. The van der Waals surface area contributed by atoms with E-state index in [1.807, 2.05) is 0 Å². The molecule has 0 aliphatic rings. The van der Waals surface area contributed by atoms with Gasteiger partial charge in [0.15, 0.2) is 0 Å². The largest absolute Gasteiger partial charge is 2.00 e. The summed E-state index contributed by atoms with van der Waals surface area (Å²) in [7, 11) is -10.2. The van der Waals surface area contributed by atoms with Crippen molar-refractivity contribution in [3.63, 3.8) is 0 Å². The molecule has 3 N–H and O–H groups in total. The van der Waals surface area contributed by atoms with Crippen LogP contribution in [-0.4, -0.2) is 98.2 Å². The third-order valence-corrected chi connectivity index (χ3v) is 1.72. The van der Waals surface area contributed by atoms with Crippen LogP contribution in [0.15, 0.2) is 0 Å². The van der Waals surface area contributed by atoms with Gasteiger partial charge in [-0.15, -0.1) is 3.97 Å². The van der Waals surface area contributed by atoms with Gasteiger partial charge in [0.2, 0.25) is 0 Å². The molecule has 0 unspecified atom stereocenters. The first-order valence-corrected chi connectivity index (χ1v) is 4.34. The van der Waals surface area contributed by atoms with Gasteiger partial charge in [0.05, 0.1) is 0 Å². The predicted molar refractivity (Wildman–Crippen MR) is 40.6 cm³/mol. The SMILES string of the molecule is O=P(O)(O)OS(=O)(=O)O.[Ca+2].[Ca+2].[H-].[H-].[H-].[H-]. The van der Waals surface area contributed by atoms with Gasteiger partial charge in [-0.05, 0) is 0 Å². The number of hydrogen-bond acceptors (Lipinski definition) is 4. The van der Waals surface area contributed by atoms with E-state index in [4.69, 9.17) is 14.3 Å². The van der Waals surface area contributed by atoms with Crippen LogP contribution in [0.5, 0.6) is 0 Å². The summed E-state index contributed by atoms with van der Waals surface area (Å²) in [6, 6.07) is 0. The Morgan fingerprint density at radius 3 is 1.55 bits per heavy atom. The Bertz CT molecular complexity index is 235. The van der Waals surface area contributed by atoms with Gasteiger partial charge in [0.25, 0.3) is 0 Å². The summed E-state index contributed by atoms with van der Waals surface area (Å²) in [5.74, 6) is 0. The first-order valence-electron chi connectivity index (χ1n) is 1.45. The second-order valence-electron chi connectivity index (χ2n) is 0.993. The van der Waals surface area contributed by atoms with E-state index in [9.17, 15) is 13.0 Å². The molecule has 0 saturated carbocycles. The van der Waals surface area contributed by atoms with Gasteiger partial charge in [-0.1, -0.05) is 0 Å². The molecule has 0 aromatic heterocycles. The van der Waals surface area contributed by atoms with Gasteiger partial charge in [0.1, 0.15) is 0 Å². The molecule has 0 aromatic rings. The topological polar surface area (TPSA) is 121 Å². The maximum absolute atomic E-state index is 9.58. The van der Waals surface area contributed by atoms with Crippen molar-refractivity contribution in [2.75, 3.05) is 0 Å². The molecule has 0 aliphatic carbocycles. The normalized spacial score (nSPS) is 11.2. The van der Waals surface area contributed by atoms with Crippen LogP contribution in [-0.2, 0) is 18.9 Å². The Morgan fingerprint density at radius 2 is 1.55 bits per heavy atom. The van der Waals surface area contributed by atoms with Crippen molar-refractivity contribution in [2.24, 2.45) is 0 Å². The van der Waals surface area contributed by atoms with E-state index >= 15 is 0 Å². The van der Waals surface area contributed by atoms with Crippen molar-refractivity contribution >= 4 is 93.7 Å². The van der Waals surface area contributed by atoms with Crippen molar-refractivity contribution in [1.29, 1.82) is 0 Å². The van der Waals surface area contributed by atoms with Crippen molar-refractivity contribution in [3.05, 3.63) is 0 Å². The fourth-order valence-corrected chi connectivity index (χ4v) is 1.10. The molecule has 64 valence electrons. The maximum Gasteiger partial charge on any atom is 2.00 e. The summed E-state index contributed by atoms with van der Waals surface area (Å²) in [5, 5.41) is 0. The van der Waals surface area contributed by atoms with Crippen molar-refractivity contribution in [2.45, 2.75) is 0 Å². The molecule has 11 heavy (non-hydrogen) atoms. The van der Waals surface area contributed by atoms with Crippen LogP contribution in [0.25, 0.3) is 0 Å². The molecule has 0 rings (SSSR count). The molecule has 0 saturated heterocycles. The molecular formula is H7Ca2O7PS. The van der Waals surface area contributed by atoms with Gasteiger partial charge < -0.3 is 15.5 Å². The summed E-state index contributed by atoms with van der Waals surface area (Å²) in [6.07, 6.45) is 0. The fraction of sp³-hybridized carbons (Fsp3) is 0. The smallest absolute Gasteiger partial charge is 1.00 e. The summed E-state index contributed by atoms with van der Waals surface area (Å²) >= 11 is 0. The number of phosphoric acid groups is 1. The zero-order valence-electron chi connectivity index (χ0n) is 9.24. The molecule has 0 heterocycles. The molecule has 11 heteroatoms. The third-order valence-electron chi connectivity index (χ3n) is 0.191. The van der Waals surface area contributed by atoms with Crippen molar-refractivity contribution in [1.82, 2.24) is 0 Å². The van der Waals surface area contributed by atoms with Crippen molar-refractivity contribution in [3.8, 4) is 0 Å². The van der Waals surface area contributed by atoms with Crippen molar-refractivity contribution < 1.29 is 37.0 Å². The zero-order valence-corrected chi connectivity index (χ0v) is 11.4. The van der Waals surface area contributed by atoms with Crippen LogP contribution in [0.3, 0.4) is 0 Å². The van der Waals surface area contributed by atoms with Crippen LogP contribution < -0.4 is 0 Å². The zero-order chi connectivity index (χ0) is 7.71. The molecular weight excluding hydrogens is 255 g/mol. The number of rotatable bonds is 2. The molecule has 0 radical (unpaired) electrons. The Morgan fingerprint density at radius 1 is 1.27 bits per heavy atom. The molecule has 7 nitrogen and oxygen atoms in total. The van der Waals surface area contributed by atoms with E-state index in [-0.39, 0.29) is 81.2 Å². The first kappa shape index (κ1) is 19.2. The van der Waals surface area contributed by atoms with Gasteiger partial charge >= 0.3 is 93.7 Å². The first-order chi connectivity index (χ1) is 3.71. The Balaban J connectivity index is -0.0000000213. The number of hydrogen-bond donors (Lipinski definition) is 3. The van der Waals surface area contributed by atoms with Crippen LogP contribution in [0.4, 0.5) is 0 Å². The summed E-state index contributed by atoms with van der Waals surface area (Å²) in [6.45, 7) is 0. The minimum Gasteiger partial charge on any atom is -1.00 e. The van der Waals surface area contributed by atoms with E-state index in [2.05, 4.69) is 3.97 Å². The van der Waals surface area contributed by atoms with E-state index in [1.54, 1.807) is 0 Å². The van der Waals surface area contributed by atoms with Gasteiger partial charge in [-0.25, -0.2) is 4.57 Å². The Hall–Kier alpha value is 2.54. The molecule has 0 atom stereocenters. The predicted octanol–water partition coefficient (Wildman–Crippen LogP) is -1.41. The molecule has 0 amide bonds. The summed E-state index contributed by atoms with van der Waals surface area (Å²) in [4.78, 5) is 15.4. The third kappa shape index (κ3) is 19.1. The van der Waals surface area contributed by atoms with E-state index in [0.717, 1.165) is 0 Å². The van der Waals surface area contributed by atoms with Crippen LogP contribution in [0, 0.1) is 0 Å².